The predicted octanol–water partition coefficient (Wildman–Crippen LogP) is 5.09. The molecule has 0 bridgehead atoms. The lowest BCUT2D eigenvalue weighted by Crippen LogP contribution is -2.47. The van der Waals surface area contributed by atoms with Gasteiger partial charge in [-0.15, -0.1) is 0 Å². The second-order valence-electron chi connectivity index (χ2n) is 14.8. The first-order chi connectivity index (χ1) is 20.5. The maximum atomic E-state index is 5.21. The number of hydrogen-bond acceptors (Lipinski definition) is 8. The molecule has 3 aliphatic heterocycles. The molecule has 0 aromatic heterocycles. The lowest BCUT2D eigenvalue weighted by molar-refractivity contribution is 0.0238. The Hall–Kier alpha value is -0.320. The zero-order valence-electron chi connectivity index (χ0n) is 33.0. The van der Waals surface area contributed by atoms with Crippen LogP contribution in [0.5, 0.6) is 0 Å². The molecule has 3 saturated heterocycles. The van der Waals surface area contributed by atoms with Crippen molar-refractivity contribution in [2.45, 2.75) is 119 Å². The van der Waals surface area contributed by atoms with Crippen LogP contribution in [-0.2, 0) is 4.74 Å². The Labute approximate surface area is 278 Å². The lowest BCUT2D eigenvalue weighted by atomic mass is 10.1. The summed E-state index contributed by atoms with van der Waals surface area (Å²) in [6.45, 7) is 36.3. The van der Waals surface area contributed by atoms with E-state index in [1.165, 1.54) is 58.5 Å². The predicted molar refractivity (Wildman–Crippen MR) is 197 cm³/mol. The highest BCUT2D eigenvalue weighted by molar-refractivity contribution is 4.71. The minimum atomic E-state index is 0.667. The molecule has 8 heteroatoms. The van der Waals surface area contributed by atoms with Gasteiger partial charge in [-0.05, 0) is 137 Å². The van der Waals surface area contributed by atoms with Crippen molar-refractivity contribution in [3.63, 3.8) is 0 Å². The van der Waals surface area contributed by atoms with Crippen molar-refractivity contribution in [2.24, 2.45) is 0 Å². The summed E-state index contributed by atoms with van der Waals surface area (Å²) in [5.74, 6) is 0. The van der Waals surface area contributed by atoms with E-state index in [9.17, 15) is 0 Å². The number of hydrogen-bond donors (Lipinski definition) is 0. The first-order valence-electron chi connectivity index (χ1n) is 18.0. The Morgan fingerprint density at radius 1 is 0.500 bits per heavy atom. The Morgan fingerprint density at radius 3 is 1.18 bits per heavy atom. The van der Waals surface area contributed by atoms with Gasteiger partial charge in [-0.25, -0.2) is 0 Å². The molecule has 3 rings (SSSR count). The van der Waals surface area contributed by atoms with E-state index in [-0.39, 0.29) is 0 Å². The Morgan fingerprint density at radius 2 is 0.886 bits per heavy atom. The highest BCUT2D eigenvalue weighted by Gasteiger charge is 2.15. The Balaban J connectivity index is 0. The molecule has 3 fully saturated rings. The fourth-order valence-corrected chi connectivity index (χ4v) is 4.48. The van der Waals surface area contributed by atoms with Gasteiger partial charge < -0.3 is 29.2 Å². The zero-order chi connectivity index (χ0) is 34.2. The van der Waals surface area contributed by atoms with Gasteiger partial charge in [0.05, 0.1) is 13.2 Å². The summed E-state index contributed by atoms with van der Waals surface area (Å²) < 4.78 is 5.21. The van der Waals surface area contributed by atoms with Gasteiger partial charge in [0.25, 0.3) is 0 Å². The minimum Gasteiger partial charge on any atom is -0.379 e. The van der Waals surface area contributed by atoms with Crippen molar-refractivity contribution in [1.82, 2.24) is 34.3 Å². The molecule has 3 aliphatic rings. The van der Waals surface area contributed by atoms with Gasteiger partial charge >= 0.3 is 0 Å². The summed E-state index contributed by atoms with van der Waals surface area (Å²) in [7, 11) is 12.7. The van der Waals surface area contributed by atoms with Crippen molar-refractivity contribution in [1.29, 1.82) is 0 Å². The molecule has 8 nitrogen and oxygen atoms in total. The third-order valence-corrected chi connectivity index (χ3v) is 8.98. The number of ether oxygens (including phenoxy) is 1. The maximum absolute atomic E-state index is 5.21. The van der Waals surface area contributed by atoms with Gasteiger partial charge in [0.15, 0.2) is 0 Å². The van der Waals surface area contributed by atoms with Gasteiger partial charge in [0.1, 0.15) is 0 Å². The molecule has 268 valence electrons. The van der Waals surface area contributed by atoms with Crippen LogP contribution in [0, 0.1) is 0 Å². The minimum absolute atomic E-state index is 0.667. The quantitative estimate of drug-likeness (QED) is 0.367. The summed E-state index contributed by atoms with van der Waals surface area (Å²) in [6.07, 6.45) is 4.28. The third-order valence-electron chi connectivity index (χ3n) is 8.98. The molecule has 0 unspecified atom stereocenters. The average molecular weight is 630 g/mol. The molecule has 0 saturated carbocycles. The smallest absolute Gasteiger partial charge is 0.0594 e. The van der Waals surface area contributed by atoms with Crippen molar-refractivity contribution in [2.75, 3.05) is 121 Å². The molecule has 0 aromatic rings. The largest absolute Gasteiger partial charge is 0.379 e. The number of piperidine rings is 1. The highest BCUT2D eigenvalue weighted by atomic mass is 16.5. The first kappa shape index (κ1) is 45.8. The van der Waals surface area contributed by atoms with Gasteiger partial charge in [-0.3, -0.25) is 9.80 Å². The number of likely N-dealkylation sites (N-methyl/N-ethyl adjacent to an activating group) is 3. The molecular weight excluding hydrogens is 546 g/mol. The molecule has 0 aliphatic carbocycles. The fourth-order valence-electron chi connectivity index (χ4n) is 4.48. The van der Waals surface area contributed by atoms with Crippen molar-refractivity contribution >= 4 is 0 Å². The average Bonchev–Trinajstić information content (AvgIpc) is 2.98. The number of likely N-dealkylation sites (tertiary alicyclic amines) is 1. The fraction of sp³-hybridized carbons (Fsp3) is 1.00. The van der Waals surface area contributed by atoms with E-state index in [2.05, 4.69) is 146 Å². The molecule has 0 aromatic carbocycles. The van der Waals surface area contributed by atoms with Crippen LogP contribution in [0.3, 0.4) is 0 Å². The molecule has 0 amide bonds. The molecule has 0 radical (unpaired) electrons. The molecule has 0 atom stereocenters. The molecule has 0 spiro atoms. The summed E-state index contributed by atoms with van der Waals surface area (Å²) in [4.78, 5) is 16.6. The van der Waals surface area contributed by atoms with E-state index >= 15 is 0 Å². The van der Waals surface area contributed by atoms with Crippen LogP contribution in [0.1, 0.15) is 88.5 Å². The van der Waals surface area contributed by atoms with Crippen molar-refractivity contribution < 1.29 is 4.74 Å². The molecule has 3 heterocycles. The number of nitrogens with zero attached hydrogens (tertiary/aromatic N) is 7. The molecule has 0 N–H and O–H groups in total. The standard InChI is InChI=1S/C8H18N2.C8H20N2.C8H17N.C7H15NO.C5H13N/c1-8(2)10-6-4-9(3)5-7-10;1-8(2)10(5)7-6-9(3)4;1-8(2)9-6-4-3-5-7-9;1-7(2)8-3-5-9-6-4-8;1-5(2)6(3)4/h8H,4-7H2,1-3H3;8H,6-7H2,1-5H3;8H,3-7H2,1-2H3;7H,3-6H2,1-2H3;5H,1-4H3. The van der Waals surface area contributed by atoms with E-state index in [0.29, 0.717) is 18.1 Å². The number of piperazine rings is 1. The Bertz CT molecular complexity index is 565. The zero-order valence-corrected chi connectivity index (χ0v) is 33.0. The molecular formula is C36H83N7O. The van der Waals surface area contributed by atoms with Crippen LogP contribution in [0.2, 0.25) is 0 Å². The van der Waals surface area contributed by atoms with Crippen LogP contribution in [0.25, 0.3) is 0 Å². The van der Waals surface area contributed by atoms with E-state index in [4.69, 9.17) is 4.74 Å². The number of rotatable bonds is 8. The van der Waals surface area contributed by atoms with Crippen LogP contribution in [0.15, 0.2) is 0 Å². The van der Waals surface area contributed by atoms with Gasteiger partial charge in [-0.2, -0.15) is 0 Å². The molecule has 44 heavy (non-hydrogen) atoms. The van der Waals surface area contributed by atoms with Gasteiger partial charge in [0.2, 0.25) is 0 Å². The van der Waals surface area contributed by atoms with Crippen LogP contribution in [-0.4, -0.2) is 185 Å². The number of morpholine rings is 1. The van der Waals surface area contributed by atoms with Gasteiger partial charge in [-0.1, -0.05) is 6.42 Å². The normalized spacial score (nSPS) is 19.1. The maximum Gasteiger partial charge on any atom is 0.0594 e. The van der Waals surface area contributed by atoms with E-state index in [1.54, 1.807) is 0 Å². The van der Waals surface area contributed by atoms with Gasteiger partial charge in [0, 0.05) is 82.6 Å². The highest BCUT2D eigenvalue weighted by Crippen LogP contribution is 2.11. The third kappa shape index (κ3) is 26.9. The second kappa shape index (κ2) is 27.8. The summed E-state index contributed by atoms with van der Waals surface area (Å²) in [5, 5.41) is 0. The van der Waals surface area contributed by atoms with Crippen LogP contribution >= 0.6 is 0 Å². The van der Waals surface area contributed by atoms with Crippen molar-refractivity contribution in [3.8, 4) is 0 Å². The summed E-state index contributed by atoms with van der Waals surface area (Å²) >= 11 is 0. The second-order valence-corrected chi connectivity index (χ2v) is 14.8. The first-order valence-corrected chi connectivity index (χ1v) is 18.0. The topological polar surface area (TPSA) is 31.9 Å². The Kier molecular flexibility index (Phi) is 28.9. The summed E-state index contributed by atoms with van der Waals surface area (Å²) in [6, 6.07) is 3.54. The van der Waals surface area contributed by atoms with Crippen LogP contribution in [0.4, 0.5) is 0 Å². The van der Waals surface area contributed by atoms with E-state index in [0.717, 1.165) is 51.5 Å². The summed E-state index contributed by atoms with van der Waals surface area (Å²) in [5.41, 5.74) is 0. The van der Waals surface area contributed by atoms with Crippen molar-refractivity contribution in [3.05, 3.63) is 0 Å². The van der Waals surface area contributed by atoms with Crippen LogP contribution < -0.4 is 0 Å². The monoisotopic (exact) mass is 630 g/mol. The van der Waals surface area contributed by atoms with E-state index < -0.39 is 0 Å². The SMILES string of the molecule is CC(C)N(C)C.CC(C)N(C)CCN(C)C.CC(C)N1CCCCC1.CC(C)N1CCN(C)CC1.CC(C)N1CCOCC1. The van der Waals surface area contributed by atoms with E-state index in [1.807, 2.05) is 0 Å². The lowest BCUT2D eigenvalue weighted by Gasteiger charge is -2.34.